The van der Waals surface area contributed by atoms with Crippen LogP contribution in [0.4, 0.5) is 10.1 Å². The number of ether oxygens (including phenoxy) is 3. The summed E-state index contributed by atoms with van der Waals surface area (Å²) in [6.45, 7) is 5.66. The Bertz CT molecular complexity index is 2070. The minimum absolute atomic E-state index is 0.118. The first-order chi connectivity index (χ1) is 22.5. The van der Waals surface area contributed by atoms with E-state index in [0.717, 1.165) is 22.4 Å². The van der Waals surface area contributed by atoms with Gasteiger partial charge in [-0.3, -0.25) is 9.59 Å². The highest BCUT2D eigenvalue weighted by molar-refractivity contribution is 9.10. The van der Waals surface area contributed by atoms with Gasteiger partial charge >= 0.3 is 0 Å². The summed E-state index contributed by atoms with van der Waals surface area (Å²) in [5, 5.41) is 7.76. The van der Waals surface area contributed by atoms with Gasteiger partial charge in [0.2, 0.25) is 0 Å². The Morgan fingerprint density at radius 3 is 2.47 bits per heavy atom. The van der Waals surface area contributed by atoms with Crippen LogP contribution in [-0.2, 0) is 4.79 Å². The maximum atomic E-state index is 13.9. The topological polar surface area (TPSA) is 104 Å². The van der Waals surface area contributed by atoms with Gasteiger partial charge in [0.1, 0.15) is 16.6 Å². The van der Waals surface area contributed by atoms with E-state index in [1.165, 1.54) is 42.3 Å². The second-order valence-electron chi connectivity index (χ2n) is 10.8. The Morgan fingerprint density at radius 2 is 1.79 bits per heavy atom. The lowest BCUT2D eigenvalue weighted by Gasteiger charge is -2.17. The van der Waals surface area contributed by atoms with E-state index in [9.17, 15) is 14.0 Å². The zero-order valence-corrected chi connectivity index (χ0v) is 28.6. The van der Waals surface area contributed by atoms with Crippen LogP contribution in [0.15, 0.2) is 81.1 Å². The van der Waals surface area contributed by atoms with Crippen molar-refractivity contribution in [3.05, 3.63) is 109 Å². The SMILES string of the molecule is COc1cc(C)c(-c2nc3ccccc3c(=O)n2N=Cc2cc(OC)c(OCC(=O)Nc3ccc(F)cc3)c(Cl)c2Br)cc1C(C)C. The van der Waals surface area contributed by atoms with Crippen molar-refractivity contribution in [2.24, 2.45) is 5.10 Å². The number of methoxy groups -OCH3 is 2. The molecule has 9 nitrogen and oxygen atoms in total. The predicted octanol–water partition coefficient (Wildman–Crippen LogP) is 7.97. The molecule has 0 fully saturated rings. The molecule has 0 aliphatic carbocycles. The first kappa shape index (κ1) is 33.6. The van der Waals surface area contributed by atoms with E-state index >= 15 is 0 Å². The van der Waals surface area contributed by atoms with Crippen molar-refractivity contribution in [3.63, 3.8) is 0 Å². The molecular formula is C35H31BrClFN4O5. The summed E-state index contributed by atoms with van der Waals surface area (Å²) >= 11 is 10.2. The molecule has 1 amide bonds. The highest BCUT2D eigenvalue weighted by Gasteiger charge is 2.21. The lowest BCUT2D eigenvalue weighted by molar-refractivity contribution is -0.118. The summed E-state index contributed by atoms with van der Waals surface area (Å²) in [6, 6.07) is 18.0. The quantitative estimate of drug-likeness (QED) is 0.147. The Hall–Kier alpha value is -4.74. The van der Waals surface area contributed by atoms with Gasteiger partial charge in [-0.05, 0) is 94.5 Å². The monoisotopic (exact) mass is 720 g/mol. The van der Waals surface area contributed by atoms with Crippen molar-refractivity contribution < 1.29 is 23.4 Å². The third-order valence-electron chi connectivity index (χ3n) is 7.36. The van der Waals surface area contributed by atoms with Crippen molar-refractivity contribution in [1.29, 1.82) is 0 Å². The summed E-state index contributed by atoms with van der Waals surface area (Å²) in [4.78, 5) is 31.2. The second kappa shape index (κ2) is 14.4. The van der Waals surface area contributed by atoms with Crippen LogP contribution in [0, 0.1) is 12.7 Å². The molecule has 5 aromatic rings. The smallest absolute Gasteiger partial charge is 0.282 e. The number of hydrogen-bond acceptors (Lipinski definition) is 7. The molecule has 0 unspecified atom stereocenters. The second-order valence-corrected chi connectivity index (χ2v) is 12.0. The molecule has 242 valence electrons. The van der Waals surface area contributed by atoms with Crippen LogP contribution in [0.3, 0.4) is 0 Å². The lowest BCUT2D eigenvalue weighted by Crippen LogP contribution is -2.21. The van der Waals surface area contributed by atoms with Crippen LogP contribution >= 0.6 is 27.5 Å². The third-order valence-corrected chi connectivity index (χ3v) is 8.80. The zero-order valence-electron chi connectivity index (χ0n) is 26.2. The van der Waals surface area contributed by atoms with Gasteiger partial charge < -0.3 is 19.5 Å². The standard InChI is InChI=1S/C35H31BrClFN4O5/c1-19(2)25-16-26(20(3)14-28(25)45-4)34-41-27-9-7-6-8-24(27)35(44)42(34)39-17-21-15-29(46-5)33(32(37)31(21)36)47-18-30(43)40-23-12-10-22(38)11-13-23/h6-17,19H,18H2,1-5H3,(H,40,43). The van der Waals surface area contributed by atoms with Crippen LogP contribution in [0.25, 0.3) is 22.3 Å². The summed E-state index contributed by atoms with van der Waals surface area (Å²) in [5.41, 5.74) is 3.61. The molecule has 0 spiro atoms. The number of para-hydroxylation sites is 1. The summed E-state index contributed by atoms with van der Waals surface area (Å²) in [7, 11) is 3.06. The number of halogens is 3. The van der Waals surface area contributed by atoms with Crippen molar-refractivity contribution in [2.75, 3.05) is 26.1 Å². The zero-order chi connectivity index (χ0) is 33.8. The molecule has 0 saturated carbocycles. The molecule has 0 radical (unpaired) electrons. The summed E-state index contributed by atoms with van der Waals surface area (Å²) in [6.07, 6.45) is 1.47. The van der Waals surface area contributed by atoms with Crippen molar-refractivity contribution in [2.45, 2.75) is 26.7 Å². The molecule has 0 saturated heterocycles. The van der Waals surface area contributed by atoms with Gasteiger partial charge in [0.15, 0.2) is 23.9 Å². The van der Waals surface area contributed by atoms with E-state index in [-0.39, 0.29) is 28.0 Å². The van der Waals surface area contributed by atoms with Gasteiger partial charge in [-0.15, -0.1) is 0 Å². The van der Waals surface area contributed by atoms with Crippen LogP contribution in [0.2, 0.25) is 5.02 Å². The minimum Gasteiger partial charge on any atom is -0.496 e. The molecule has 0 bridgehead atoms. The fourth-order valence-corrected chi connectivity index (χ4v) is 5.60. The maximum Gasteiger partial charge on any atom is 0.282 e. The van der Waals surface area contributed by atoms with E-state index in [1.54, 1.807) is 31.4 Å². The number of carbonyl (C=O) groups is 1. The molecule has 47 heavy (non-hydrogen) atoms. The number of hydrogen-bond donors (Lipinski definition) is 1. The molecule has 0 atom stereocenters. The number of benzene rings is 4. The molecule has 4 aromatic carbocycles. The van der Waals surface area contributed by atoms with Gasteiger partial charge in [0.05, 0.1) is 31.3 Å². The molecule has 0 aliphatic rings. The number of rotatable bonds is 10. The summed E-state index contributed by atoms with van der Waals surface area (Å²) in [5.74, 6) is 0.695. The van der Waals surface area contributed by atoms with Gasteiger partial charge in [0.25, 0.3) is 11.5 Å². The van der Waals surface area contributed by atoms with Crippen LogP contribution < -0.4 is 25.1 Å². The molecule has 1 heterocycles. The Balaban J connectivity index is 1.54. The van der Waals surface area contributed by atoms with Crippen molar-refractivity contribution >= 4 is 56.2 Å². The molecule has 0 aliphatic heterocycles. The first-order valence-electron chi connectivity index (χ1n) is 14.5. The van der Waals surface area contributed by atoms with Crippen molar-refractivity contribution in [1.82, 2.24) is 9.66 Å². The number of nitrogens with zero attached hydrogens (tertiary/aromatic N) is 3. The van der Waals surface area contributed by atoms with E-state index in [1.807, 2.05) is 25.1 Å². The van der Waals surface area contributed by atoms with Gasteiger partial charge in [-0.2, -0.15) is 9.78 Å². The number of carbonyl (C=O) groups excluding carboxylic acids is 1. The van der Waals surface area contributed by atoms with Crippen LogP contribution in [0.5, 0.6) is 17.2 Å². The minimum atomic E-state index is -0.485. The highest BCUT2D eigenvalue weighted by Crippen LogP contribution is 2.42. The Kier molecular flexibility index (Phi) is 10.3. The number of anilines is 1. The first-order valence-corrected chi connectivity index (χ1v) is 15.7. The Labute approximate surface area is 284 Å². The van der Waals surface area contributed by atoms with E-state index < -0.39 is 18.3 Å². The molecule has 5 rings (SSSR count). The summed E-state index contributed by atoms with van der Waals surface area (Å²) < 4.78 is 31.7. The lowest BCUT2D eigenvalue weighted by atomic mass is 9.96. The number of aryl methyl sites for hydroxylation is 1. The van der Waals surface area contributed by atoms with E-state index in [4.69, 9.17) is 30.8 Å². The van der Waals surface area contributed by atoms with Gasteiger partial charge in [-0.25, -0.2) is 9.37 Å². The third kappa shape index (κ3) is 7.16. The largest absolute Gasteiger partial charge is 0.496 e. The van der Waals surface area contributed by atoms with E-state index in [0.29, 0.717) is 32.5 Å². The molecule has 1 N–H and O–H groups in total. The predicted molar refractivity (Wildman–Crippen MR) is 186 cm³/mol. The molecular weight excluding hydrogens is 691 g/mol. The van der Waals surface area contributed by atoms with Crippen molar-refractivity contribution in [3.8, 4) is 28.6 Å². The number of nitrogens with one attached hydrogen (secondary N) is 1. The van der Waals surface area contributed by atoms with Gasteiger partial charge in [0, 0.05) is 21.3 Å². The highest BCUT2D eigenvalue weighted by atomic mass is 79.9. The average Bonchev–Trinajstić information content (AvgIpc) is 3.06. The normalized spacial score (nSPS) is 11.3. The molecule has 12 heteroatoms. The number of aromatic nitrogens is 2. The Morgan fingerprint density at radius 1 is 1.09 bits per heavy atom. The van der Waals surface area contributed by atoms with Crippen LogP contribution in [0.1, 0.15) is 36.5 Å². The number of fused-ring (bicyclic) bond motifs is 1. The maximum absolute atomic E-state index is 13.9. The fourth-order valence-electron chi connectivity index (χ4n) is 4.94. The van der Waals surface area contributed by atoms with E-state index in [2.05, 4.69) is 40.2 Å². The molecule has 1 aromatic heterocycles. The van der Waals surface area contributed by atoms with Gasteiger partial charge in [-0.1, -0.05) is 37.6 Å². The average molecular weight is 722 g/mol. The number of amides is 1. The van der Waals surface area contributed by atoms with Crippen LogP contribution in [-0.4, -0.2) is 42.6 Å². The fraction of sp³-hybridized carbons (Fsp3) is 0.200.